The van der Waals surface area contributed by atoms with E-state index in [0.717, 1.165) is 117 Å². The maximum absolute atomic E-state index is 2.53. The number of hydrogen-bond donors (Lipinski definition) is 0. The molecule has 0 bridgehead atoms. The summed E-state index contributed by atoms with van der Waals surface area (Å²) in [6.07, 6.45) is 0. The first-order chi connectivity index (χ1) is 57.6. The number of rotatable bonds is 9. The predicted octanol–water partition coefficient (Wildman–Crippen LogP) is 28.1. The molecule has 0 aliphatic carbocycles. The van der Waals surface area contributed by atoms with E-state index < -0.39 is 0 Å². The highest BCUT2D eigenvalue weighted by molar-refractivity contribution is 6.21. The van der Waals surface area contributed by atoms with Crippen LogP contribution in [0.1, 0.15) is 0 Å². The molecule has 0 amide bonds. The van der Waals surface area contributed by atoms with Gasteiger partial charge in [-0.2, -0.15) is 0 Å². The summed E-state index contributed by atoms with van der Waals surface area (Å²) < 4.78 is 19.7. The molecule has 0 saturated carbocycles. The van der Waals surface area contributed by atoms with Crippen LogP contribution in [0.2, 0.25) is 0 Å². The van der Waals surface area contributed by atoms with Crippen molar-refractivity contribution in [2.24, 2.45) is 0 Å². The molecule has 116 heavy (non-hydrogen) atoms. The summed E-state index contributed by atoms with van der Waals surface area (Å²) in [5.41, 5.74) is 30.0. The first-order valence-corrected chi connectivity index (χ1v) is 40.0. The Bertz CT molecular complexity index is 8720. The van der Waals surface area contributed by atoms with E-state index in [1.165, 1.54) is 114 Å². The topological polar surface area (TPSA) is 39.4 Å². The number of para-hydroxylation sites is 10. The summed E-state index contributed by atoms with van der Waals surface area (Å²) >= 11 is 0. The third kappa shape index (κ3) is 8.75. The molecule has 0 aliphatic heterocycles. The molecule has 0 fully saturated rings. The maximum Gasteiger partial charge on any atom is 0.0562 e. The molecule has 538 valence electrons. The van der Waals surface area contributed by atoms with Gasteiger partial charge in [-0.25, -0.2) is 0 Å². The smallest absolute Gasteiger partial charge is 0.0562 e. The fourth-order valence-electron chi connectivity index (χ4n) is 20.4. The number of fused-ring (bicyclic) bond motifs is 24. The Balaban J connectivity index is 0.593. The molecule has 0 atom stereocenters. The lowest BCUT2D eigenvalue weighted by atomic mass is 10.0. The fourth-order valence-corrected chi connectivity index (χ4v) is 20.4. The Labute approximate surface area is 663 Å². The van der Waals surface area contributed by atoms with Crippen molar-refractivity contribution in [1.82, 2.24) is 36.5 Å². The highest BCUT2D eigenvalue weighted by Crippen LogP contribution is 2.48. The van der Waals surface area contributed by atoms with Gasteiger partial charge in [0.1, 0.15) is 0 Å². The van der Waals surface area contributed by atoms with Crippen LogP contribution in [0.4, 0.5) is 0 Å². The van der Waals surface area contributed by atoms with Crippen LogP contribution in [0, 0.1) is 0 Å². The van der Waals surface area contributed by atoms with E-state index >= 15 is 0 Å². The highest BCUT2D eigenvalue weighted by Gasteiger charge is 2.27. The maximum atomic E-state index is 2.53. The van der Waals surface area contributed by atoms with E-state index in [1.54, 1.807) is 0 Å². The van der Waals surface area contributed by atoms with Gasteiger partial charge in [0.25, 0.3) is 0 Å². The van der Waals surface area contributed by atoms with Crippen LogP contribution in [0.25, 0.3) is 231 Å². The summed E-state index contributed by atoms with van der Waals surface area (Å²) in [4.78, 5) is 0. The van der Waals surface area contributed by atoms with Gasteiger partial charge in [-0.1, -0.05) is 218 Å². The lowest BCUT2D eigenvalue weighted by molar-refractivity contribution is 1.15. The largest absolute Gasteiger partial charge is 0.309 e. The molecular weight excluding hydrogens is 1410 g/mol. The molecule has 0 spiro atoms. The van der Waals surface area contributed by atoms with Gasteiger partial charge < -0.3 is 36.5 Å². The van der Waals surface area contributed by atoms with Crippen LogP contribution in [-0.2, 0) is 0 Å². The molecule has 8 aromatic heterocycles. The molecule has 8 heterocycles. The van der Waals surface area contributed by atoms with Crippen molar-refractivity contribution >= 4 is 174 Å². The van der Waals surface area contributed by atoms with Crippen molar-refractivity contribution < 1.29 is 0 Å². The lowest BCUT2D eigenvalue weighted by Gasteiger charge is -2.13. The number of benzene rings is 18. The first kappa shape index (κ1) is 63.0. The Morgan fingerprint density at radius 2 is 0.353 bits per heavy atom. The van der Waals surface area contributed by atoms with Gasteiger partial charge in [-0.15, -0.1) is 0 Å². The van der Waals surface area contributed by atoms with Crippen molar-refractivity contribution in [3.8, 4) is 56.6 Å². The zero-order valence-electron chi connectivity index (χ0n) is 62.7. The average molecular weight is 1480 g/mol. The molecular formula is C108H66N8. The number of aromatic nitrogens is 8. The molecule has 0 N–H and O–H groups in total. The summed E-state index contributed by atoms with van der Waals surface area (Å²) in [5, 5.41) is 19.4. The summed E-state index contributed by atoms with van der Waals surface area (Å²) in [5.74, 6) is 0. The minimum Gasteiger partial charge on any atom is -0.309 e. The summed E-state index contributed by atoms with van der Waals surface area (Å²) in [7, 11) is 0. The molecule has 18 aromatic carbocycles. The lowest BCUT2D eigenvalue weighted by Crippen LogP contribution is -1.98. The molecule has 0 aliphatic rings. The molecule has 0 radical (unpaired) electrons. The predicted molar refractivity (Wildman–Crippen MR) is 487 cm³/mol. The SMILES string of the molecule is c1ccc(-n2c3ccccc3c3cc(-n4c5ccccc5c5cc(-n6c7ccccc7c7c(-n8c9ccccc9c9ccc(-c%10ccc%11c(c%10)c%10ccccc%10n%11-c%10ccc%11c(c%10)c%10ccccc%10n%11-c%10cccc%11c%10c%10ccccc%10n%11-c%10ccc%11c%12ccccc%12n(-c%12ccccc%12)c%11c%10)cc98)cccc76)ccc54)ccc32)cc1. The van der Waals surface area contributed by atoms with Crippen LogP contribution in [0.5, 0.6) is 0 Å². The Kier molecular flexibility index (Phi) is 13.0. The summed E-state index contributed by atoms with van der Waals surface area (Å²) in [6, 6.07) is 149. The minimum absolute atomic E-state index is 1.11. The molecule has 8 nitrogen and oxygen atoms in total. The fraction of sp³-hybridized carbons (Fsp3) is 0. The molecule has 8 heteroatoms. The molecule has 0 saturated heterocycles. The van der Waals surface area contributed by atoms with Crippen molar-refractivity contribution in [2.45, 2.75) is 0 Å². The Morgan fingerprint density at radius 1 is 0.112 bits per heavy atom. The zero-order valence-corrected chi connectivity index (χ0v) is 62.7. The normalized spacial score (nSPS) is 12.3. The third-order valence-electron chi connectivity index (χ3n) is 25.2. The zero-order chi connectivity index (χ0) is 75.5. The van der Waals surface area contributed by atoms with Crippen molar-refractivity contribution in [2.75, 3.05) is 0 Å². The standard InChI is InChI=1S/C108H66N8/c1-3-25-69(26-4-1)109-90-38-16-10-32-78(90)86-63-71(52-58-98(86)109)112-92-40-18-11-33-79(92)87-65-73(53-59-99(87)112)113-95-43-21-13-35-83(95)108-101(113)45-24-48-104(108)116-93-41-19-8-30-76(93)81-55-49-68(62-105(81)116)67-50-57-97-85(61-67)77-31-9-17-39-91(77)111(97)72-54-60-100-88(64-72)80-34-12-20-42-94(80)115(100)103-47-23-46-102-107(103)84-36-14-22-44-96(84)114(102)74-51-56-82-75-29-7-15-37-89(75)110(106(82)66-74)70-27-5-2-6-28-70/h1-66H. The van der Waals surface area contributed by atoms with Gasteiger partial charge in [-0.3, -0.25) is 0 Å². The third-order valence-corrected chi connectivity index (χ3v) is 25.2. The Hall–Kier alpha value is -15.6. The second-order valence-corrected chi connectivity index (χ2v) is 31.1. The van der Waals surface area contributed by atoms with Gasteiger partial charge in [-0.05, 0) is 193 Å². The van der Waals surface area contributed by atoms with Gasteiger partial charge >= 0.3 is 0 Å². The van der Waals surface area contributed by atoms with Gasteiger partial charge in [0.05, 0.1) is 99.6 Å². The van der Waals surface area contributed by atoms with E-state index in [1.807, 2.05) is 0 Å². The van der Waals surface area contributed by atoms with Gasteiger partial charge in [0.15, 0.2) is 0 Å². The van der Waals surface area contributed by atoms with E-state index in [0.29, 0.717) is 0 Å². The molecule has 0 unspecified atom stereocenters. The van der Waals surface area contributed by atoms with Gasteiger partial charge in [0, 0.05) is 120 Å². The monoisotopic (exact) mass is 1470 g/mol. The number of nitrogens with zero attached hydrogens (tertiary/aromatic N) is 8. The molecule has 26 aromatic rings. The minimum atomic E-state index is 1.11. The van der Waals surface area contributed by atoms with Crippen LogP contribution in [-0.4, -0.2) is 36.5 Å². The molecule has 26 rings (SSSR count). The van der Waals surface area contributed by atoms with E-state index in [4.69, 9.17) is 0 Å². The second-order valence-electron chi connectivity index (χ2n) is 31.1. The quantitative estimate of drug-likeness (QED) is 0.138. The Morgan fingerprint density at radius 3 is 0.784 bits per heavy atom. The van der Waals surface area contributed by atoms with Crippen LogP contribution in [0.3, 0.4) is 0 Å². The van der Waals surface area contributed by atoms with Crippen molar-refractivity contribution in [3.63, 3.8) is 0 Å². The van der Waals surface area contributed by atoms with Crippen molar-refractivity contribution in [3.05, 3.63) is 400 Å². The van der Waals surface area contributed by atoms with Crippen molar-refractivity contribution in [1.29, 1.82) is 0 Å². The highest BCUT2D eigenvalue weighted by atomic mass is 15.1. The van der Waals surface area contributed by atoms with Crippen LogP contribution >= 0.6 is 0 Å². The van der Waals surface area contributed by atoms with Crippen LogP contribution in [0.15, 0.2) is 400 Å². The average Bonchev–Trinajstić information content (AvgIpc) is 1.55. The van der Waals surface area contributed by atoms with E-state index in [9.17, 15) is 0 Å². The second kappa shape index (κ2) is 23.9. The van der Waals surface area contributed by atoms with E-state index in [2.05, 4.69) is 437 Å². The van der Waals surface area contributed by atoms with Crippen LogP contribution < -0.4 is 0 Å². The summed E-state index contributed by atoms with van der Waals surface area (Å²) in [6.45, 7) is 0. The van der Waals surface area contributed by atoms with Gasteiger partial charge in [0.2, 0.25) is 0 Å². The number of hydrogen-bond acceptors (Lipinski definition) is 0. The first-order valence-electron chi connectivity index (χ1n) is 40.0. The van der Waals surface area contributed by atoms with E-state index in [-0.39, 0.29) is 0 Å².